The van der Waals surface area contributed by atoms with E-state index in [1.54, 1.807) is 6.07 Å². The molecule has 4 nitrogen and oxygen atoms in total. The van der Waals surface area contributed by atoms with Gasteiger partial charge in [-0.2, -0.15) is 0 Å². The van der Waals surface area contributed by atoms with Crippen LogP contribution in [0.4, 0.5) is 0 Å². The number of hydrogen-bond acceptors (Lipinski definition) is 4. The van der Waals surface area contributed by atoms with Crippen molar-refractivity contribution in [2.45, 2.75) is 26.2 Å². The van der Waals surface area contributed by atoms with Crippen LogP contribution >= 0.6 is 11.6 Å². The summed E-state index contributed by atoms with van der Waals surface area (Å²) in [4.78, 5) is 15.0. The van der Waals surface area contributed by atoms with E-state index in [1.807, 2.05) is 0 Å². The normalized spacial score (nSPS) is 10.1. The van der Waals surface area contributed by atoms with Crippen LogP contribution in [0.25, 0.3) is 0 Å². The van der Waals surface area contributed by atoms with Crippen LogP contribution in [0.15, 0.2) is 12.3 Å². The summed E-state index contributed by atoms with van der Waals surface area (Å²) in [6.45, 7) is 2.70. The van der Waals surface area contributed by atoms with Gasteiger partial charge in [0.05, 0.1) is 19.3 Å². The Balaban J connectivity index is 2.72. The predicted molar refractivity (Wildman–Crippen MR) is 66.0 cm³/mol. The lowest BCUT2D eigenvalue weighted by atomic mass is 10.2. The minimum absolute atomic E-state index is 0.304. The van der Waals surface area contributed by atoms with E-state index >= 15 is 0 Å². The monoisotopic (exact) mass is 257 g/mol. The number of methoxy groups -OCH3 is 1. The SMILES string of the molecule is CCCCCOc1cc(C(=O)Cl)cnc1OC. The van der Waals surface area contributed by atoms with Crippen molar-refractivity contribution in [3.8, 4) is 11.6 Å². The number of rotatable bonds is 7. The van der Waals surface area contributed by atoms with Crippen molar-refractivity contribution in [1.29, 1.82) is 0 Å². The fourth-order valence-electron chi connectivity index (χ4n) is 1.33. The minimum atomic E-state index is -0.557. The summed E-state index contributed by atoms with van der Waals surface area (Å²) in [5, 5.41) is -0.557. The van der Waals surface area contributed by atoms with E-state index in [9.17, 15) is 4.79 Å². The van der Waals surface area contributed by atoms with Crippen molar-refractivity contribution in [1.82, 2.24) is 4.98 Å². The number of nitrogens with zero attached hydrogens (tertiary/aromatic N) is 1. The van der Waals surface area contributed by atoms with Crippen LogP contribution in [-0.2, 0) is 0 Å². The number of pyridine rings is 1. The van der Waals surface area contributed by atoms with Gasteiger partial charge in [-0.15, -0.1) is 0 Å². The second-order valence-corrected chi connectivity index (χ2v) is 3.90. The maximum absolute atomic E-state index is 11.0. The topological polar surface area (TPSA) is 48.4 Å². The van der Waals surface area contributed by atoms with Gasteiger partial charge in [-0.05, 0) is 24.1 Å². The van der Waals surface area contributed by atoms with Crippen LogP contribution in [0, 0.1) is 0 Å². The third kappa shape index (κ3) is 4.23. The third-order valence-electron chi connectivity index (χ3n) is 2.24. The van der Waals surface area contributed by atoms with Crippen molar-refractivity contribution in [3.63, 3.8) is 0 Å². The molecule has 0 radical (unpaired) electrons. The largest absolute Gasteiger partial charge is 0.488 e. The van der Waals surface area contributed by atoms with E-state index in [2.05, 4.69) is 11.9 Å². The lowest BCUT2D eigenvalue weighted by Gasteiger charge is -2.09. The molecule has 5 heteroatoms. The molecule has 0 aromatic carbocycles. The van der Waals surface area contributed by atoms with E-state index in [1.165, 1.54) is 13.3 Å². The van der Waals surface area contributed by atoms with Crippen LogP contribution in [0.1, 0.15) is 36.5 Å². The van der Waals surface area contributed by atoms with Gasteiger partial charge in [0.1, 0.15) is 0 Å². The molecule has 1 aromatic heterocycles. The van der Waals surface area contributed by atoms with Gasteiger partial charge in [0.15, 0.2) is 5.75 Å². The lowest BCUT2D eigenvalue weighted by Crippen LogP contribution is -2.02. The number of unbranched alkanes of at least 4 members (excludes halogenated alkanes) is 2. The molecule has 1 rings (SSSR count). The highest BCUT2D eigenvalue weighted by atomic mass is 35.5. The molecule has 0 aliphatic rings. The smallest absolute Gasteiger partial charge is 0.256 e. The Hall–Kier alpha value is -1.29. The van der Waals surface area contributed by atoms with Crippen molar-refractivity contribution in [2.75, 3.05) is 13.7 Å². The molecule has 0 aliphatic heterocycles. The zero-order chi connectivity index (χ0) is 12.7. The minimum Gasteiger partial charge on any atom is -0.488 e. The fraction of sp³-hybridized carbons (Fsp3) is 0.500. The first-order valence-corrected chi connectivity index (χ1v) is 5.93. The van der Waals surface area contributed by atoms with E-state index in [4.69, 9.17) is 21.1 Å². The average molecular weight is 258 g/mol. The highest BCUT2D eigenvalue weighted by molar-refractivity contribution is 6.67. The van der Waals surface area contributed by atoms with Gasteiger partial charge in [0.2, 0.25) is 0 Å². The Labute approximate surface area is 106 Å². The van der Waals surface area contributed by atoms with Gasteiger partial charge in [-0.1, -0.05) is 19.8 Å². The first-order valence-electron chi connectivity index (χ1n) is 5.55. The summed E-state index contributed by atoms with van der Waals surface area (Å²) in [6, 6.07) is 1.55. The first kappa shape index (κ1) is 13.8. The molecule has 0 fully saturated rings. The zero-order valence-electron chi connectivity index (χ0n) is 10.0. The first-order chi connectivity index (χ1) is 8.19. The predicted octanol–water partition coefficient (Wildman–Crippen LogP) is 3.04. The second kappa shape index (κ2) is 7.12. The quantitative estimate of drug-likeness (QED) is 0.556. The summed E-state index contributed by atoms with van der Waals surface area (Å²) >= 11 is 5.38. The van der Waals surface area contributed by atoms with Gasteiger partial charge < -0.3 is 9.47 Å². The highest BCUT2D eigenvalue weighted by Crippen LogP contribution is 2.25. The molecular weight excluding hydrogens is 242 g/mol. The molecule has 0 bridgehead atoms. The molecule has 0 unspecified atom stereocenters. The Kier molecular flexibility index (Phi) is 5.77. The van der Waals surface area contributed by atoms with Crippen LogP contribution in [-0.4, -0.2) is 23.9 Å². The molecule has 0 spiro atoms. The van der Waals surface area contributed by atoms with Gasteiger partial charge >= 0.3 is 0 Å². The van der Waals surface area contributed by atoms with Crippen LogP contribution in [0.3, 0.4) is 0 Å². The zero-order valence-corrected chi connectivity index (χ0v) is 10.8. The maximum atomic E-state index is 11.0. The highest BCUT2D eigenvalue weighted by Gasteiger charge is 2.10. The molecule has 1 aromatic rings. The van der Waals surface area contributed by atoms with Crippen molar-refractivity contribution < 1.29 is 14.3 Å². The molecule has 0 amide bonds. The number of ether oxygens (including phenoxy) is 2. The van der Waals surface area contributed by atoms with Crippen molar-refractivity contribution in [2.24, 2.45) is 0 Å². The lowest BCUT2D eigenvalue weighted by molar-refractivity contribution is 0.108. The summed E-state index contributed by atoms with van der Waals surface area (Å²) in [5.41, 5.74) is 0.304. The Morgan fingerprint density at radius 1 is 1.47 bits per heavy atom. The number of halogens is 1. The second-order valence-electron chi connectivity index (χ2n) is 3.56. The Morgan fingerprint density at radius 2 is 2.24 bits per heavy atom. The number of carbonyl (C=O) groups excluding carboxylic acids is 1. The molecule has 1 heterocycles. The van der Waals surface area contributed by atoms with Gasteiger partial charge in [0, 0.05) is 6.20 Å². The molecule has 0 saturated carbocycles. The Morgan fingerprint density at radius 3 is 2.82 bits per heavy atom. The van der Waals surface area contributed by atoms with E-state index in [-0.39, 0.29) is 0 Å². The van der Waals surface area contributed by atoms with E-state index < -0.39 is 5.24 Å². The summed E-state index contributed by atoms with van der Waals surface area (Å²) < 4.78 is 10.6. The maximum Gasteiger partial charge on any atom is 0.256 e. The third-order valence-corrected chi connectivity index (χ3v) is 2.46. The number of hydrogen-bond donors (Lipinski definition) is 0. The van der Waals surface area contributed by atoms with Crippen molar-refractivity contribution in [3.05, 3.63) is 17.8 Å². The van der Waals surface area contributed by atoms with E-state index in [0.29, 0.717) is 23.8 Å². The Bertz CT molecular complexity index is 382. The van der Waals surface area contributed by atoms with Gasteiger partial charge in [-0.3, -0.25) is 4.79 Å². The molecular formula is C12H16ClNO3. The van der Waals surface area contributed by atoms with Crippen LogP contribution in [0.5, 0.6) is 11.6 Å². The van der Waals surface area contributed by atoms with Gasteiger partial charge in [-0.25, -0.2) is 4.98 Å². The fourth-order valence-corrected chi connectivity index (χ4v) is 1.43. The summed E-state index contributed by atoms with van der Waals surface area (Å²) in [5.74, 6) is 0.818. The summed E-state index contributed by atoms with van der Waals surface area (Å²) in [6.07, 6.45) is 4.55. The molecule has 0 saturated heterocycles. The molecule has 0 aliphatic carbocycles. The average Bonchev–Trinajstić information content (AvgIpc) is 2.34. The van der Waals surface area contributed by atoms with Gasteiger partial charge in [0.25, 0.3) is 11.1 Å². The number of aromatic nitrogens is 1. The molecule has 0 atom stereocenters. The van der Waals surface area contributed by atoms with Crippen LogP contribution < -0.4 is 9.47 Å². The standard InChI is InChI=1S/C12H16ClNO3/c1-3-4-5-6-17-10-7-9(11(13)15)8-14-12(10)16-2/h7-8H,3-6H2,1-2H3. The van der Waals surface area contributed by atoms with E-state index in [0.717, 1.165) is 19.3 Å². The molecule has 17 heavy (non-hydrogen) atoms. The number of carbonyl (C=O) groups is 1. The van der Waals surface area contributed by atoms with Crippen LogP contribution in [0.2, 0.25) is 0 Å². The van der Waals surface area contributed by atoms with Crippen molar-refractivity contribution >= 4 is 16.8 Å². The summed E-state index contributed by atoms with van der Waals surface area (Å²) in [7, 11) is 1.50. The molecule has 0 N–H and O–H groups in total. The molecule has 94 valence electrons.